The second-order valence-electron chi connectivity index (χ2n) is 4.70. The fourth-order valence-electron chi connectivity index (χ4n) is 2.53. The lowest BCUT2D eigenvalue weighted by atomic mass is 10.0. The van der Waals surface area contributed by atoms with Crippen molar-refractivity contribution in [3.8, 4) is 5.88 Å². The predicted molar refractivity (Wildman–Crippen MR) is 68.1 cm³/mol. The lowest BCUT2D eigenvalue weighted by Crippen LogP contribution is -2.23. The van der Waals surface area contributed by atoms with Gasteiger partial charge in [0, 0.05) is 18.9 Å². The number of hydrogen-bond acceptors (Lipinski definition) is 7. The molecule has 1 aliphatic heterocycles. The lowest BCUT2D eigenvalue weighted by molar-refractivity contribution is -0.0334. The van der Waals surface area contributed by atoms with Crippen molar-refractivity contribution in [3.63, 3.8) is 0 Å². The Kier molecular flexibility index (Phi) is 3.51. The van der Waals surface area contributed by atoms with E-state index in [1.54, 1.807) is 10.9 Å². The van der Waals surface area contributed by atoms with E-state index >= 15 is 0 Å². The van der Waals surface area contributed by atoms with Gasteiger partial charge in [-0.05, 0) is 0 Å². The molecule has 3 atom stereocenters. The summed E-state index contributed by atoms with van der Waals surface area (Å²) in [5, 5.41) is 18.6. The van der Waals surface area contributed by atoms with Crippen LogP contribution in [-0.2, 0) is 4.74 Å². The molecule has 2 aromatic rings. The van der Waals surface area contributed by atoms with Crippen LogP contribution < -0.4 is 4.74 Å². The molecule has 0 amide bonds. The van der Waals surface area contributed by atoms with Crippen LogP contribution in [0.4, 0.5) is 0 Å². The Morgan fingerprint density at radius 1 is 1.35 bits per heavy atom. The van der Waals surface area contributed by atoms with E-state index in [-0.39, 0.29) is 31.5 Å². The zero-order chi connectivity index (χ0) is 14.1. The van der Waals surface area contributed by atoms with E-state index in [1.165, 1.54) is 13.4 Å². The Morgan fingerprint density at radius 3 is 2.85 bits per heavy atom. The van der Waals surface area contributed by atoms with Crippen LogP contribution in [0.1, 0.15) is 12.6 Å². The normalized spacial score (nSPS) is 26.2. The molecule has 0 aliphatic carbocycles. The van der Waals surface area contributed by atoms with Gasteiger partial charge in [-0.25, -0.2) is 9.97 Å². The standard InChI is InChI=1S/C12H16N4O4/c1-19-12-10-11(13-5-14-12)16(6-15-10)9-2-7(3-17)8(4-18)20-9/h5-9,17-18H,2-4H2,1H3/t7-,8-,9+/m1/s1. The largest absolute Gasteiger partial charge is 0.479 e. The molecule has 0 bridgehead atoms. The Labute approximate surface area is 115 Å². The highest BCUT2D eigenvalue weighted by atomic mass is 16.5. The monoisotopic (exact) mass is 280 g/mol. The maximum Gasteiger partial charge on any atom is 0.245 e. The minimum Gasteiger partial charge on any atom is -0.479 e. The highest BCUT2D eigenvalue weighted by Crippen LogP contribution is 2.35. The second kappa shape index (κ2) is 5.31. The SMILES string of the molecule is COc1ncnc2c1ncn2[C@@H]1C[C@H](CO)[C@@H](CO)O1. The molecule has 0 radical (unpaired) electrons. The number of nitrogens with zero attached hydrogens (tertiary/aromatic N) is 4. The van der Waals surface area contributed by atoms with Crippen LogP contribution in [-0.4, -0.2) is 56.2 Å². The number of imidazole rings is 1. The van der Waals surface area contributed by atoms with E-state index in [2.05, 4.69) is 15.0 Å². The van der Waals surface area contributed by atoms with Gasteiger partial charge in [0.1, 0.15) is 12.6 Å². The van der Waals surface area contributed by atoms with Crippen molar-refractivity contribution in [2.45, 2.75) is 18.8 Å². The van der Waals surface area contributed by atoms with Gasteiger partial charge in [0.15, 0.2) is 11.2 Å². The minimum absolute atomic E-state index is 0.0212. The number of aliphatic hydroxyl groups is 2. The number of hydrogen-bond donors (Lipinski definition) is 2. The quantitative estimate of drug-likeness (QED) is 0.794. The Hall–Kier alpha value is -1.77. The Balaban J connectivity index is 1.96. The molecule has 3 heterocycles. The molecule has 0 unspecified atom stereocenters. The van der Waals surface area contributed by atoms with Gasteiger partial charge in [0.2, 0.25) is 5.88 Å². The molecular formula is C12H16N4O4. The van der Waals surface area contributed by atoms with Gasteiger partial charge in [-0.2, -0.15) is 4.98 Å². The summed E-state index contributed by atoms with van der Waals surface area (Å²) < 4.78 is 12.7. The summed E-state index contributed by atoms with van der Waals surface area (Å²) in [6.45, 7) is -0.140. The molecule has 20 heavy (non-hydrogen) atoms. The molecular weight excluding hydrogens is 264 g/mol. The third kappa shape index (κ3) is 2.01. The van der Waals surface area contributed by atoms with Crippen LogP contribution in [0, 0.1) is 5.92 Å². The Morgan fingerprint density at radius 2 is 2.20 bits per heavy atom. The summed E-state index contributed by atoms with van der Waals surface area (Å²) >= 11 is 0. The van der Waals surface area contributed by atoms with E-state index in [4.69, 9.17) is 9.47 Å². The number of aromatic nitrogens is 4. The Bertz CT molecular complexity index is 590. The molecule has 1 saturated heterocycles. The summed E-state index contributed by atoms with van der Waals surface area (Å²) in [5.41, 5.74) is 1.17. The zero-order valence-corrected chi connectivity index (χ0v) is 11.0. The molecule has 8 heteroatoms. The van der Waals surface area contributed by atoms with Crippen LogP contribution in [0.2, 0.25) is 0 Å². The van der Waals surface area contributed by atoms with Crippen LogP contribution in [0.3, 0.4) is 0 Å². The van der Waals surface area contributed by atoms with Gasteiger partial charge in [-0.3, -0.25) is 4.57 Å². The molecule has 1 aliphatic rings. The van der Waals surface area contributed by atoms with Gasteiger partial charge >= 0.3 is 0 Å². The van der Waals surface area contributed by atoms with E-state index in [1.807, 2.05) is 0 Å². The maximum absolute atomic E-state index is 9.32. The molecule has 3 rings (SSSR count). The van der Waals surface area contributed by atoms with Crippen molar-refractivity contribution in [3.05, 3.63) is 12.7 Å². The summed E-state index contributed by atoms with van der Waals surface area (Å²) in [4.78, 5) is 12.4. The average molecular weight is 280 g/mol. The van der Waals surface area contributed by atoms with Crippen molar-refractivity contribution in [1.82, 2.24) is 19.5 Å². The molecule has 1 fully saturated rings. The van der Waals surface area contributed by atoms with Crippen molar-refractivity contribution in [1.29, 1.82) is 0 Å². The summed E-state index contributed by atoms with van der Waals surface area (Å²) in [7, 11) is 1.52. The van der Waals surface area contributed by atoms with Crippen molar-refractivity contribution >= 4 is 11.2 Å². The average Bonchev–Trinajstić information content (AvgIpc) is 3.09. The highest BCUT2D eigenvalue weighted by Gasteiger charge is 2.36. The number of aliphatic hydroxyl groups excluding tert-OH is 2. The van der Waals surface area contributed by atoms with E-state index in [0.717, 1.165) is 0 Å². The van der Waals surface area contributed by atoms with Gasteiger partial charge in [-0.1, -0.05) is 0 Å². The fourth-order valence-corrected chi connectivity index (χ4v) is 2.53. The lowest BCUT2D eigenvalue weighted by Gasteiger charge is -2.14. The highest BCUT2D eigenvalue weighted by molar-refractivity contribution is 5.75. The molecule has 0 aromatic carbocycles. The molecule has 2 aromatic heterocycles. The number of ether oxygens (including phenoxy) is 2. The molecule has 2 N–H and O–H groups in total. The first-order chi connectivity index (χ1) is 9.78. The third-order valence-corrected chi connectivity index (χ3v) is 3.61. The van der Waals surface area contributed by atoms with Gasteiger partial charge in [0.25, 0.3) is 0 Å². The number of methoxy groups -OCH3 is 1. The topological polar surface area (TPSA) is 103 Å². The van der Waals surface area contributed by atoms with Crippen LogP contribution in [0.25, 0.3) is 11.2 Å². The number of fused-ring (bicyclic) bond motifs is 1. The van der Waals surface area contributed by atoms with Gasteiger partial charge in [0.05, 0.1) is 26.1 Å². The van der Waals surface area contributed by atoms with Crippen LogP contribution in [0.5, 0.6) is 5.88 Å². The maximum atomic E-state index is 9.32. The number of rotatable bonds is 4. The molecule has 0 saturated carbocycles. The first-order valence-corrected chi connectivity index (χ1v) is 6.37. The van der Waals surface area contributed by atoms with Gasteiger partial charge in [-0.15, -0.1) is 0 Å². The van der Waals surface area contributed by atoms with Crippen molar-refractivity contribution in [2.75, 3.05) is 20.3 Å². The fraction of sp³-hybridized carbons (Fsp3) is 0.583. The molecule has 0 spiro atoms. The summed E-state index contributed by atoms with van der Waals surface area (Å²) in [6, 6.07) is 0. The predicted octanol–water partition coefficient (Wildman–Crippen LogP) is -0.277. The van der Waals surface area contributed by atoms with E-state index in [0.29, 0.717) is 23.5 Å². The molecule has 108 valence electrons. The van der Waals surface area contributed by atoms with Crippen LogP contribution >= 0.6 is 0 Å². The minimum atomic E-state index is -0.369. The van der Waals surface area contributed by atoms with E-state index in [9.17, 15) is 10.2 Å². The smallest absolute Gasteiger partial charge is 0.245 e. The van der Waals surface area contributed by atoms with Gasteiger partial charge < -0.3 is 19.7 Å². The van der Waals surface area contributed by atoms with Crippen molar-refractivity contribution < 1.29 is 19.7 Å². The van der Waals surface area contributed by atoms with E-state index < -0.39 is 0 Å². The van der Waals surface area contributed by atoms with Crippen LogP contribution in [0.15, 0.2) is 12.7 Å². The first-order valence-electron chi connectivity index (χ1n) is 6.37. The molecule has 8 nitrogen and oxygen atoms in total. The summed E-state index contributed by atoms with van der Waals surface area (Å²) in [6.07, 6.45) is 2.93. The summed E-state index contributed by atoms with van der Waals surface area (Å²) in [5.74, 6) is 0.315. The third-order valence-electron chi connectivity index (χ3n) is 3.61. The second-order valence-corrected chi connectivity index (χ2v) is 4.70. The van der Waals surface area contributed by atoms with Crippen molar-refractivity contribution in [2.24, 2.45) is 5.92 Å². The zero-order valence-electron chi connectivity index (χ0n) is 11.0. The first kappa shape index (κ1) is 13.2.